The molecule has 19 heavy (non-hydrogen) atoms. The molecule has 0 saturated heterocycles. The Morgan fingerprint density at radius 3 is 2.21 bits per heavy atom. The Bertz CT molecular complexity index is 507. The van der Waals surface area contributed by atoms with Gasteiger partial charge in [-0.3, -0.25) is 0 Å². The number of rotatable bonds is 5. The minimum absolute atomic E-state index is 0.181. The Kier molecular flexibility index (Phi) is 5.11. The lowest BCUT2D eigenvalue weighted by Gasteiger charge is -2.14. The molecule has 1 unspecified atom stereocenters. The van der Waals surface area contributed by atoms with E-state index in [9.17, 15) is 4.39 Å². The van der Waals surface area contributed by atoms with Crippen molar-refractivity contribution in [3.63, 3.8) is 0 Å². The van der Waals surface area contributed by atoms with Crippen LogP contribution in [0.2, 0.25) is 0 Å². The second kappa shape index (κ2) is 6.83. The Hall–Kier alpha value is -1.19. The number of hydrogen-bond donors (Lipinski definition) is 1. The lowest BCUT2D eigenvalue weighted by atomic mass is 10.1. The minimum Gasteiger partial charge on any atom is -0.310 e. The molecule has 2 rings (SSSR count). The molecular formula is C16H17BrFN. The van der Waals surface area contributed by atoms with E-state index in [1.165, 1.54) is 17.7 Å². The molecule has 1 atom stereocenters. The fourth-order valence-corrected chi connectivity index (χ4v) is 2.20. The number of halogens is 2. The molecule has 0 radical (unpaired) electrons. The Morgan fingerprint density at radius 2 is 1.58 bits per heavy atom. The number of benzene rings is 2. The standard InChI is InChI=1S/C16H17BrFN/c1-12(10-13-4-8-16(18)9-5-13)19-11-14-2-6-15(17)7-3-14/h2-9,12,19H,10-11H2,1H3. The Labute approximate surface area is 122 Å². The zero-order valence-electron chi connectivity index (χ0n) is 10.9. The van der Waals surface area contributed by atoms with Crippen LogP contribution in [0.25, 0.3) is 0 Å². The summed E-state index contributed by atoms with van der Waals surface area (Å²) < 4.78 is 13.9. The van der Waals surface area contributed by atoms with E-state index in [0.717, 1.165) is 23.0 Å². The summed E-state index contributed by atoms with van der Waals surface area (Å²) in [6.07, 6.45) is 0.900. The average molecular weight is 322 g/mol. The van der Waals surface area contributed by atoms with Gasteiger partial charge in [0.25, 0.3) is 0 Å². The summed E-state index contributed by atoms with van der Waals surface area (Å²) in [5.41, 5.74) is 2.41. The van der Waals surface area contributed by atoms with Crippen molar-refractivity contribution in [1.82, 2.24) is 5.32 Å². The van der Waals surface area contributed by atoms with Gasteiger partial charge in [-0.05, 0) is 48.7 Å². The van der Waals surface area contributed by atoms with Crippen LogP contribution < -0.4 is 5.32 Å². The van der Waals surface area contributed by atoms with E-state index in [-0.39, 0.29) is 5.82 Å². The largest absolute Gasteiger partial charge is 0.310 e. The molecule has 0 amide bonds. The third kappa shape index (κ3) is 4.77. The maximum Gasteiger partial charge on any atom is 0.123 e. The van der Waals surface area contributed by atoms with Crippen LogP contribution in [0.5, 0.6) is 0 Å². The normalized spacial score (nSPS) is 12.4. The van der Waals surface area contributed by atoms with Crippen molar-refractivity contribution >= 4 is 15.9 Å². The monoisotopic (exact) mass is 321 g/mol. The van der Waals surface area contributed by atoms with Gasteiger partial charge in [0.2, 0.25) is 0 Å². The van der Waals surface area contributed by atoms with Crippen LogP contribution in [-0.2, 0) is 13.0 Å². The molecule has 1 nitrogen and oxygen atoms in total. The van der Waals surface area contributed by atoms with Crippen molar-refractivity contribution in [3.05, 3.63) is 69.9 Å². The van der Waals surface area contributed by atoms with Gasteiger partial charge in [0, 0.05) is 17.1 Å². The van der Waals surface area contributed by atoms with Gasteiger partial charge in [-0.2, -0.15) is 0 Å². The van der Waals surface area contributed by atoms with Gasteiger partial charge in [0.05, 0.1) is 0 Å². The lowest BCUT2D eigenvalue weighted by molar-refractivity contribution is 0.544. The Morgan fingerprint density at radius 1 is 1.00 bits per heavy atom. The van der Waals surface area contributed by atoms with E-state index in [2.05, 4.69) is 40.3 Å². The van der Waals surface area contributed by atoms with Gasteiger partial charge in [0.15, 0.2) is 0 Å². The first-order valence-corrected chi connectivity index (χ1v) is 7.15. The molecule has 1 N–H and O–H groups in total. The molecule has 0 bridgehead atoms. The molecule has 0 spiro atoms. The fourth-order valence-electron chi connectivity index (χ4n) is 1.94. The van der Waals surface area contributed by atoms with Crippen molar-refractivity contribution in [1.29, 1.82) is 0 Å². The molecule has 0 aliphatic carbocycles. The first kappa shape index (κ1) is 14.2. The van der Waals surface area contributed by atoms with E-state index < -0.39 is 0 Å². The summed E-state index contributed by atoms with van der Waals surface area (Å²) in [5.74, 6) is -0.181. The van der Waals surface area contributed by atoms with Crippen molar-refractivity contribution < 1.29 is 4.39 Å². The van der Waals surface area contributed by atoms with Crippen LogP contribution in [0.4, 0.5) is 4.39 Å². The third-order valence-corrected chi connectivity index (χ3v) is 3.55. The highest BCUT2D eigenvalue weighted by atomic mass is 79.9. The second-order valence-electron chi connectivity index (χ2n) is 4.74. The van der Waals surface area contributed by atoms with Crippen LogP contribution in [0.1, 0.15) is 18.1 Å². The van der Waals surface area contributed by atoms with Crippen LogP contribution in [0.3, 0.4) is 0 Å². The molecule has 0 fully saturated rings. The molecule has 0 heterocycles. The second-order valence-corrected chi connectivity index (χ2v) is 5.65. The molecule has 0 aliphatic rings. The van der Waals surface area contributed by atoms with Crippen molar-refractivity contribution in [3.8, 4) is 0 Å². The third-order valence-electron chi connectivity index (χ3n) is 3.02. The maximum absolute atomic E-state index is 12.8. The molecule has 100 valence electrons. The van der Waals surface area contributed by atoms with Gasteiger partial charge >= 0.3 is 0 Å². The first-order chi connectivity index (χ1) is 9.13. The average Bonchev–Trinajstić information content (AvgIpc) is 2.41. The van der Waals surface area contributed by atoms with Gasteiger partial charge in [0.1, 0.15) is 5.82 Å². The quantitative estimate of drug-likeness (QED) is 0.865. The number of nitrogens with one attached hydrogen (secondary N) is 1. The molecule has 0 aliphatic heterocycles. The highest BCUT2D eigenvalue weighted by molar-refractivity contribution is 9.10. The molecule has 0 aromatic heterocycles. The summed E-state index contributed by atoms with van der Waals surface area (Å²) in [5, 5.41) is 3.47. The summed E-state index contributed by atoms with van der Waals surface area (Å²) in [6.45, 7) is 2.98. The minimum atomic E-state index is -0.181. The van der Waals surface area contributed by atoms with Crippen molar-refractivity contribution in [2.45, 2.75) is 25.9 Å². The smallest absolute Gasteiger partial charge is 0.123 e. The fraction of sp³-hybridized carbons (Fsp3) is 0.250. The van der Waals surface area contributed by atoms with E-state index in [0.29, 0.717) is 6.04 Å². The lowest BCUT2D eigenvalue weighted by Crippen LogP contribution is -2.27. The van der Waals surface area contributed by atoms with Crippen LogP contribution in [0.15, 0.2) is 53.0 Å². The first-order valence-electron chi connectivity index (χ1n) is 6.36. The molecule has 2 aromatic rings. The van der Waals surface area contributed by atoms with E-state index in [4.69, 9.17) is 0 Å². The topological polar surface area (TPSA) is 12.0 Å². The molecule has 3 heteroatoms. The van der Waals surface area contributed by atoms with E-state index >= 15 is 0 Å². The van der Waals surface area contributed by atoms with Gasteiger partial charge in [-0.1, -0.05) is 40.2 Å². The maximum atomic E-state index is 12.8. The summed E-state index contributed by atoms with van der Waals surface area (Å²) in [4.78, 5) is 0. The predicted molar refractivity (Wildman–Crippen MR) is 80.5 cm³/mol. The van der Waals surface area contributed by atoms with Gasteiger partial charge in [-0.15, -0.1) is 0 Å². The van der Waals surface area contributed by atoms with Crippen LogP contribution in [-0.4, -0.2) is 6.04 Å². The summed E-state index contributed by atoms with van der Waals surface area (Å²) in [7, 11) is 0. The van der Waals surface area contributed by atoms with Gasteiger partial charge in [-0.25, -0.2) is 4.39 Å². The highest BCUT2D eigenvalue weighted by Crippen LogP contribution is 2.11. The Balaban J connectivity index is 1.82. The van der Waals surface area contributed by atoms with E-state index in [1.807, 2.05) is 24.3 Å². The van der Waals surface area contributed by atoms with Crippen molar-refractivity contribution in [2.24, 2.45) is 0 Å². The molecular weight excluding hydrogens is 305 g/mol. The number of hydrogen-bond acceptors (Lipinski definition) is 1. The summed E-state index contributed by atoms with van der Waals surface area (Å²) in [6, 6.07) is 15.3. The van der Waals surface area contributed by atoms with E-state index in [1.54, 1.807) is 0 Å². The predicted octanol–water partition coefficient (Wildman–Crippen LogP) is 4.31. The molecule has 2 aromatic carbocycles. The zero-order chi connectivity index (χ0) is 13.7. The zero-order valence-corrected chi connectivity index (χ0v) is 12.5. The molecule has 0 saturated carbocycles. The van der Waals surface area contributed by atoms with Crippen LogP contribution >= 0.6 is 15.9 Å². The highest BCUT2D eigenvalue weighted by Gasteiger charge is 2.03. The van der Waals surface area contributed by atoms with Crippen molar-refractivity contribution in [2.75, 3.05) is 0 Å². The van der Waals surface area contributed by atoms with Gasteiger partial charge < -0.3 is 5.32 Å². The van der Waals surface area contributed by atoms with Crippen LogP contribution in [0, 0.1) is 5.82 Å². The summed E-state index contributed by atoms with van der Waals surface area (Å²) >= 11 is 3.42. The SMILES string of the molecule is CC(Cc1ccc(F)cc1)NCc1ccc(Br)cc1.